The summed E-state index contributed by atoms with van der Waals surface area (Å²) >= 11 is 3.02. The fourth-order valence-electron chi connectivity index (χ4n) is 1.16. The molecule has 0 bridgehead atoms. The van der Waals surface area contributed by atoms with Crippen molar-refractivity contribution in [3.05, 3.63) is 37.8 Å². The van der Waals surface area contributed by atoms with Crippen LogP contribution in [-0.2, 0) is 11.2 Å². The number of nitro groups is 1. The highest BCUT2D eigenvalue weighted by molar-refractivity contribution is 9.10. The first-order valence-corrected chi connectivity index (χ1v) is 4.83. The number of aliphatic carboxylic acids is 1. The van der Waals surface area contributed by atoms with Crippen LogP contribution in [0.3, 0.4) is 0 Å². The minimum atomic E-state index is -1.11. The van der Waals surface area contributed by atoms with Gasteiger partial charge in [-0.1, -0.05) is 15.9 Å². The first-order valence-electron chi connectivity index (χ1n) is 4.04. The maximum Gasteiger partial charge on any atom is 0.307 e. The highest BCUT2D eigenvalue weighted by Crippen LogP contribution is 2.27. The zero-order chi connectivity index (χ0) is 12.3. The first kappa shape index (κ1) is 12.1. The lowest BCUT2D eigenvalue weighted by atomic mass is 10.0. The van der Waals surface area contributed by atoms with Gasteiger partial charge in [0.15, 0.2) is 0 Å². The summed E-state index contributed by atoms with van der Waals surface area (Å²) in [7, 11) is 0. The van der Waals surface area contributed by atoms with E-state index >= 15 is 0 Å². The largest absolute Gasteiger partial charge is 0.481 e. The fourth-order valence-corrected chi connectivity index (χ4v) is 1.75. The molecule has 6 nitrogen and oxygen atoms in total. The van der Waals surface area contributed by atoms with Gasteiger partial charge in [-0.05, 0) is 5.56 Å². The average molecular weight is 285 g/mol. The minimum absolute atomic E-state index is 0.0107. The Kier molecular flexibility index (Phi) is 3.58. The second-order valence-electron chi connectivity index (χ2n) is 2.89. The molecule has 1 N–H and O–H groups in total. The Balaban J connectivity index is 3.35. The summed E-state index contributed by atoms with van der Waals surface area (Å²) in [6.45, 7) is 0. The van der Waals surface area contributed by atoms with Crippen LogP contribution in [0.25, 0.3) is 0 Å². The highest BCUT2D eigenvalue weighted by Gasteiger charge is 2.16. The Morgan fingerprint density at radius 3 is 2.69 bits per heavy atom. The van der Waals surface area contributed by atoms with Crippen molar-refractivity contribution in [2.45, 2.75) is 6.42 Å². The van der Waals surface area contributed by atoms with Gasteiger partial charge in [0, 0.05) is 16.6 Å². The smallest absolute Gasteiger partial charge is 0.307 e. The van der Waals surface area contributed by atoms with Crippen molar-refractivity contribution in [3.63, 3.8) is 0 Å². The number of carboxylic acids is 1. The van der Waals surface area contributed by atoms with Gasteiger partial charge in [0.25, 0.3) is 5.69 Å². The van der Waals surface area contributed by atoms with Gasteiger partial charge in [-0.15, -0.1) is 0 Å². The monoisotopic (exact) mass is 284 g/mol. The molecule has 0 aliphatic rings. The van der Waals surface area contributed by atoms with Crippen molar-refractivity contribution in [3.8, 4) is 6.07 Å². The molecular formula is C9H5BrN2O4. The van der Waals surface area contributed by atoms with Crippen molar-refractivity contribution in [2.75, 3.05) is 0 Å². The van der Waals surface area contributed by atoms with Gasteiger partial charge in [-0.2, -0.15) is 5.26 Å². The molecule has 0 heterocycles. The summed E-state index contributed by atoms with van der Waals surface area (Å²) in [5, 5.41) is 27.9. The first-order chi connectivity index (χ1) is 7.45. The van der Waals surface area contributed by atoms with Crippen LogP contribution in [-0.4, -0.2) is 16.0 Å². The SMILES string of the molecule is N#Cc1cc([N+](=O)[O-])cc(Br)c1CC(=O)O. The zero-order valence-corrected chi connectivity index (χ0v) is 9.39. The van der Waals surface area contributed by atoms with E-state index in [2.05, 4.69) is 15.9 Å². The molecule has 0 radical (unpaired) electrons. The second kappa shape index (κ2) is 4.72. The third-order valence-electron chi connectivity index (χ3n) is 1.84. The molecule has 1 aromatic carbocycles. The van der Waals surface area contributed by atoms with Crippen LogP contribution in [0.4, 0.5) is 5.69 Å². The van der Waals surface area contributed by atoms with Crippen molar-refractivity contribution >= 4 is 27.6 Å². The van der Waals surface area contributed by atoms with Crippen LogP contribution in [0, 0.1) is 21.4 Å². The molecule has 0 aliphatic carbocycles. The number of carbonyl (C=O) groups is 1. The Morgan fingerprint density at radius 2 is 2.25 bits per heavy atom. The summed E-state index contributed by atoms with van der Waals surface area (Å²) < 4.78 is 0.251. The minimum Gasteiger partial charge on any atom is -0.481 e. The second-order valence-corrected chi connectivity index (χ2v) is 3.75. The average Bonchev–Trinajstić information content (AvgIpc) is 2.19. The number of nitrogens with zero attached hydrogens (tertiary/aromatic N) is 2. The van der Waals surface area contributed by atoms with Crippen molar-refractivity contribution in [2.24, 2.45) is 0 Å². The number of hydrogen-bond acceptors (Lipinski definition) is 4. The van der Waals surface area contributed by atoms with E-state index in [0.29, 0.717) is 0 Å². The summed E-state index contributed by atoms with van der Waals surface area (Å²) in [6, 6.07) is 3.98. The fraction of sp³-hybridized carbons (Fsp3) is 0.111. The molecule has 0 saturated heterocycles. The Hall–Kier alpha value is -1.94. The summed E-state index contributed by atoms with van der Waals surface area (Å²) in [4.78, 5) is 20.4. The lowest BCUT2D eigenvalue weighted by Gasteiger charge is -2.03. The van der Waals surface area contributed by atoms with Gasteiger partial charge < -0.3 is 5.11 Å². The van der Waals surface area contributed by atoms with E-state index in [9.17, 15) is 14.9 Å². The number of nitriles is 1. The van der Waals surface area contributed by atoms with Crippen LogP contribution >= 0.6 is 15.9 Å². The Labute approximate surface area is 98.4 Å². The van der Waals surface area contributed by atoms with Crippen LogP contribution in [0.15, 0.2) is 16.6 Å². The van der Waals surface area contributed by atoms with Gasteiger partial charge in [0.05, 0.1) is 23.0 Å². The Morgan fingerprint density at radius 1 is 1.62 bits per heavy atom. The topological polar surface area (TPSA) is 104 Å². The van der Waals surface area contributed by atoms with E-state index in [0.717, 1.165) is 6.07 Å². The number of halogens is 1. The molecule has 0 saturated carbocycles. The van der Waals surface area contributed by atoms with Gasteiger partial charge in [0.2, 0.25) is 0 Å². The molecule has 0 unspecified atom stereocenters. The lowest BCUT2D eigenvalue weighted by molar-refractivity contribution is -0.385. The molecule has 0 aliphatic heterocycles. The van der Waals surface area contributed by atoms with E-state index in [1.165, 1.54) is 6.07 Å². The highest BCUT2D eigenvalue weighted by atomic mass is 79.9. The maximum absolute atomic E-state index is 10.5. The zero-order valence-electron chi connectivity index (χ0n) is 7.81. The van der Waals surface area contributed by atoms with Crippen LogP contribution in [0.5, 0.6) is 0 Å². The molecule has 7 heteroatoms. The normalized spacial score (nSPS) is 9.50. The predicted octanol–water partition coefficient (Wildman–Crippen LogP) is 1.86. The quantitative estimate of drug-likeness (QED) is 0.674. The van der Waals surface area contributed by atoms with Crippen LogP contribution in [0.2, 0.25) is 0 Å². The molecule has 0 fully saturated rings. The van der Waals surface area contributed by atoms with Crippen LogP contribution < -0.4 is 0 Å². The summed E-state index contributed by atoms with van der Waals surface area (Å²) in [5.74, 6) is -1.11. The molecule has 0 atom stereocenters. The molecule has 16 heavy (non-hydrogen) atoms. The maximum atomic E-state index is 10.5. The number of carboxylic acid groups (broad SMARTS) is 1. The standard InChI is InChI=1S/C9H5BrN2O4/c10-8-2-6(12(15)16)1-5(4-11)7(8)3-9(13)14/h1-2H,3H2,(H,13,14). The van der Waals surface area contributed by atoms with E-state index in [1.54, 1.807) is 6.07 Å². The predicted molar refractivity (Wildman–Crippen MR) is 56.9 cm³/mol. The number of rotatable bonds is 3. The van der Waals surface area contributed by atoms with E-state index in [4.69, 9.17) is 10.4 Å². The third kappa shape index (κ3) is 2.55. The van der Waals surface area contributed by atoms with E-state index in [1.807, 2.05) is 0 Å². The van der Waals surface area contributed by atoms with Crippen LogP contribution in [0.1, 0.15) is 11.1 Å². The van der Waals surface area contributed by atoms with Gasteiger partial charge >= 0.3 is 5.97 Å². The summed E-state index contributed by atoms with van der Waals surface area (Å²) in [6.07, 6.45) is -0.360. The number of hydrogen-bond donors (Lipinski definition) is 1. The molecule has 1 aromatic rings. The van der Waals surface area contributed by atoms with E-state index in [-0.39, 0.29) is 27.7 Å². The number of non-ortho nitro benzene ring substituents is 1. The Bertz CT molecular complexity index is 507. The summed E-state index contributed by atoms with van der Waals surface area (Å²) in [5.41, 5.74) is -0.0263. The van der Waals surface area contributed by atoms with Crippen molar-refractivity contribution in [1.29, 1.82) is 5.26 Å². The van der Waals surface area contributed by atoms with Crippen molar-refractivity contribution in [1.82, 2.24) is 0 Å². The molecular weight excluding hydrogens is 280 g/mol. The third-order valence-corrected chi connectivity index (χ3v) is 2.55. The molecule has 0 aromatic heterocycles. The van der Waals surface area contributed by atoms with Gasteiger partial charge in [-0.3, -0.25) is 14.9 Å². The number of nitro benzene ring substituents is 1. The molecule has 82 valence electrons. The van der Waals surface area contributed by atoms with Gasteiger partial charge in [0.1, 0.15) is 0 Å². The number of benzene rings is 1. The molecule has 0 amide bonds. The molecule has 0 spiro atoms. The lowest BCUT2D eigenvalue weighted by Crippen LogP contribution is -2.04. The molecule has 1 rings (SSSR count). The van der Waals surface area contributed by atoms with Crippen molar-refractivity contribution < 1.29 is 14.8 Å². The van der Waals surface area contributed by atoms with E-state index < -0.39 is 10.9 Å². The van der Waals surface area contributed by atoms with Gasteiger partial charge in [-0.25, -0.2) is 0 Å².